The molecule has 1 fully saturated rings. The summed E-state index contributed by atoms with van der Waals surface area (Å²) < 4.78 is 0. The highest BCUT2D eigenvalue weighted by molar-refractivity contribution is 6.42. The maximum absolute atomic E-state index is 6.02. The highest BCUT2D eigenvalue weighted by Gasteiger charge is 2.27. The molecule has 0 radical (unpaired) electrons. The van der Waals surface area contributed by atoms with Gasteiger partial charge in [0.25, 0.3) is 0 Å². The molecule has 1 aromatic rings. The predicted molar refractivity (Wildman–Crippen MR) is 80.7 cm³/mol. The Kier molecular flexibility index (Phi) is 6.22. The second-order valence-corrected chi connectivity index (χ2v) is 5.68. The first-order valence-electron chi connectivity index (χ1n) is 5.98. The van der Waals surface area contributed by atoms with Crippen molar-refractivity contribution in [2.24, 2.45) is 11.7 Å². The lowest BCUT2D eigenvalue weighted by molar-refractivity contribution is 0.256. The molecule has 2 rings (SSSR count). The fourth-order valence-electron chi connectivity index (χ4n) is 2.48. The molecule has 1 saturated heterocycles. The van der Waals surface area contributed by atoms with Crippen LogP contribution in [0.3, 0.4) is 0 Å². The molecular weight excluding hydrogens is 291 g/mol. The number of hydrogen-bond acceptors (Lipinski definition) is 2. The van der Waals surface area contributed by atoms with E-state index in [1.54, 1.807) is 0 Å². The molecule has 0 bridgehead atoms. The minimum Gasteiger partial charge on any atom is -0.330 e. The molecular formula is C13H19Cl3N2. The van der Waals surface area contributed by atoms with E-state index in [-0.39, 0.29) is 12.4 Å². The zero-order valence-electron chi connectivity index (χ0n) is 10.4. The van der Waals surface area contributed by atoms with Crippen molar-refractivity contribution < 1.29 is 0 Å². The molecule has 1 aliphatic heterocycles. The van der Waals surface area contributed by atoms with E-state index < -0.39 is 0 Å². The molecule has 1 heterocycles. The Morgan fingerprint density at radius 2 is 2.06 bits per heavy atom. The highest BCUT2D eigenvalue weighted by atomic mass is 35.5. The molecule has 0 spiro atoms. The van der Waals surface area contributed by atoms with Gasteiger partial charge in [-0.2, -0.15) is 0 Å². The maximum atomic E-state index is 6.02. The smallest absolute Gasteiger partial charge is 0.0595 e. The van der Waals surface area contributed by atoms with Crippen molar-refractivity contribution >= 4 is 35.6 Å². The summed E-state index contributed by atoms with van der Waals surface area (Å²) in [6.45, 7) is 5.04. The van der Waals surface area contributed by atoms with E-state index in [0.29, 0.717) is 22.0 Å². The van der Waals surface area contributed by atoms with Gasteiger partial charge in [-0.3, -0.25) is 4.90 Å². The fourth-order valence-corrected chi connectivity index (χ4v) is 2.80. The average Bonchev–Trinajstić information content (AvgIpc) is 2.65. The van der Waals surface area contributed by atoms with Crippen molar-refractivity contribution in [1.29, 1.82) is 0 Å². The first-order valence-corrected chi connectivity index (χ1v) is 6.73. The van der Waals surface area contributed by atoms with E-state index in [1.807, 2.05) is 18.2 Å². The van der Waals surface area contributed by atoms with Gasteiger partial charge in [-0.15, -0.1) is 12.4 Å². The lowest BCUT2D eigenvalue weighted by atomic mass is 10.1. The molecule has 2 nitrogen and oxygen atoms in total. The monoisotopic (exact) mass is 308 g/mol. The first kappa shape index (κ1) is 16.1. The lowest BCUT2D eigenvalue weighted by Crippen LogP contribution is -2.27. The summed E-state index contributed by atoms with van der Waals surface area (Å²) in [7, 11) is 0. The van der Waals surface area contributed by atoms with E-state index in [1.165, 1.54) is 12.0 Å². The third kappa shape index (κ3) is 3.75. The lowest BCUT2D eigenvalue weighted by Gasteiger charge is -2.21. The molecule has 1 aliphatic rings. The zero-order chi connectivity index (χ0) is 12.4. The molecule has 2 N–H and O–H groups in total. The average molecular weight is 310 g/mol. The minimum atomic E-state index is 0. The number of nitrogens with two attached hydrogens (primary N) is 1. The van der Waals surface area contributed by atoms with Crippen molar-refractivity contribution in [3.63, 3.8) is 0 Å². The normalized spacial score (nSPS) is 24.0. The quantitative estimate of drug-likeness (QED) is 0.924. The Morgan fingerprint density at radius 3 is 2.61 bits per heavy atom. The molecule has 102 valence electrons. The molecule has 0 aliphatic carbocycles. The molecule has 0 aromatic heterocycles. The van der Waals surface area contributed by atoms with Crippen LogP contribution in [0, 0.1) is 5.92 Å². The first-order chi connectivity index (χ1) is 8.10. The minimum absolute atomic E-state index is 0. The number of benzene rings is 1. The van der Waals surface area contributed by atoms with Gasteiger partial charge in [0.1, 0.15) is 0 Å². The van der Waals surface area contributed by atoms with Gasteiger partial charge in [0, 0.05) is 19.1 Å². The molecule has 1 aromatic carbocycles. The van der Waals surface area contributed by atoms with Crippen LogP contribution in [0.15, 0.2) is 18.2 Å². The van der Waals surface area contributed by atoms with Crippen molar-refractivity contribution in [3.05, 3.63) is 33.8 Å². The van der Waals surface area contributed by atoms with Gasteiger partial charge in [0.05, 0.1) is 10.0 Å². The standard InChI is InChI=1S/C13H18Cl2N2.ClH/c1-9-4-11(6-16)8-17(9)7-10-2-3-12(14)13(15)5-10;/h2-3,5,9,11H,4,6-8,16H2,1H3;1H. The van der Waals surface area contributed by atoms with Gasteiger partial charge >= 0.3 is 0 Å². The van der Waals surface area contributed by atoms with Crippen LogP contribution in [-0.4, -0.2) is 24.0 Å². The summed E-state index contributed by atoms with van der Waals surface area (Å²) in [6.07, 6.45) is 1.19. The van der Waals surface area contributed by atoms with Crippen LogP contribution >= 0.6 is 35.6 Å². The summed E-state index contributed by atoms with van der Waals surface area (Å²) >= 11 is 11.9. The van der Waals surface area contributed by atoms with Gasteiger partial charge in [0.15, 0.2) is 0 Å². The van der Waals surface area contributed by atoms with Crippen molar-refractivity contribution in [1.82, 2.24) is 4.90 Å². The number of hydrogen-bond donors (Lipinski definition) is 1. The van der Waals surface area contributed by atoms with Crippen LogP contribution in [0.2, 0.25) is 10.0 Å². The largest absolute Gasteiger partial charge is 0.330 e. The second-order valence-electron chi connectivity index (χ2n) is 4.86. The van der Waals surface area contributed by atoms with Crippen LogP contribution < -0.4 is 5.73 Å². The van der Waals surface area contributed by atoms with E-state index in [0.717, 1.165) is 19.6 Å². The Hall–Kier alpha value is 0.01000. The Bertz CT molecular complexity index is 398. The van der Waals surface area contributed by atoms with Gasteiger partial charge in [-0.05, 0) is 43.5 Å². The van der Waals surface area contributed by atoms with E-state index in [4.69, 9.17) is 28.9 Å². The van der Waals surface area contributed by atoms with Gasteiger partial charge in [-0.25, -0.2) is 0 Å². The number of halogens is 3. The SMILES string of the molecule is CC1CC(CN)CN1Cc1ccc(Cl)c(Cl)c1.Cl. The van der Waals surface area contributed by atoms with Gasteiger partial charge in [0.2, 0.25) is 0 Å². The van der Waals surface area contributed by atoms with Crippen LogP contribution in [-0.2, 0) is 6.54 Å². The molecule has 5 heteroatoms. The Labute approximate surface area is 125 Å². The van der Waals surface area contributed by atoms with Crippen LogP contribution in [0.25, 0.3) is 0 Å². The number of nitrogens with zero attached hydrogens (tertiary/aromatic N) is 1. The third-order valence-electron chi connectivity index (χ3n) is 3.49. The fraction of sp³-hybridized carbons (Fsp3) is 0.538. The van der Waals surface area contributed by atoms with E-state index in [9.17, 15) is 0 Å². The van der Waals surface area contributed by atoms with Crippen molar-refractivity contribution in [3.8, 4) is 0 Å². The third-order valence-corrected chi connectivity index (χ3v) is 4.23. The van der Waals surface area contributed by atoms with Gasteiger partial charge in [-0.1, -0.05) is 29.3 Å². The Balaban J connectivity index is 0.00000162. The molecule has 2 unspecified atom stereocenters. The second kappa shape index (κ2) is 6.97. The summed E-state index contributed by atoms with van der Waals surface area (Å²) in [5.74, 6) is 0.632. The van der Waals surface area contributed by atoms with Crippen LogP contribution in [0.5, 0.6) is 0 Å². The van der Waals surface area contributed by atoms with E-state index in [2.05, 4.69) is 11.8 Å². The van der Waals surface area contributed by atoms with Crippen LogP contribution in [0.4, 0.5) is 0 Å². The molecule has 0 saturated carbocycles. The molecule has 0 amide bonds. The summed E-state index contributed by atoms with van der Waals surface area (Å²) in [6, 6.07) is 6.45. The predicted octanol–water partition coefficient (Wildman–Crippen LogP) is 3.58. The maximum Gasteiger partial charge on any atom is 0.0595 e. The van der Waals surface area contributed by atoms with E-state index >= 15 is 0 Å². The van der Waals surface area contributed by atoms with Crippen molar-refractivity contribution in [2.45, 2.75) is 25.9 Å². The number of rotatable bonds is 3. The van der Waals surface area contributed by atoms with Crippen molar-refractivity contribution in [2.75, 3.05) is 13.1 Å². The molecule has 2 atom stereocenters. The zero-order valence-corrected chi connectivity index (χ0v) is 12.7. The topological polar surface area (TPSA) is 29.3 Å². The summed E-state index contributed by atoms with van der Waals surface area (Å²) in [5, 5.41) is 1.25. The number of likely N-dealkylation sites (tertiary alicyclic amines) is 1. The summed E-state index contributed by atoms with van der Waals surface area (Å²) in [5.41, 5.74) is 6.94. The van der Waals surface area contributed by atoms with Gasteiger partial charge < -0.3 is 5.73 Å². The summed E-state index contributed by atoms with van der Waals surface area (Å²) in [4.78, 5) is 2.46. The highest BCUT2D eigenvalue weighted by Crippen LogP contribution is 2.27. The molecule has 18 heavy (non-hydrogen) atoms. The Morgan fingerprint density at radius 1 is 1.33 bits per heavy atom. The van der Waals surface area contributed by atoms with Crippen LogP contribution in [0.1, 0.15) is 18.9 Å².